The molecule has 0 spiro atoms. The fourth-order valence-corrected chi connectivity index (χ4v) is 4.79. The monoisotopic (exact) mass is 328 g/mol. The first-order valence-electron chi connectivity index (χ1n) is 9.54. The van der Waals surface area contributed by atoms with E-state index in [1.807, 2.05) is 4.90 Å². The van der Waals surface area contributed by atoms with Crippen molar-refractivity contribution in [2.24, 2.45) is 11.3 Å². The minimum absolute atomic E-state index is 0.000963. The van der Waals surface area contributed by atoms with Crippen LogP contribution in [0, 0.1) is 34.0 Å². The van der Waals surface area contributed by atoms with E-state index in [0.29, 0.717) is 31.8 Å². The number of nitriles is 2. The van der Waals surface area contributed by atoms with Crippen molar-refractivity contribution in [1.29, 1.82) is 10.5 Å². The van der Waals surface area contributed by atoms with E-state index >= 15 is 0 Å². The summed E-state index contributed by atoms with van der Waals surface area (Å²) in [7, 11) is 0. The second-order valence-electron chi connectivity index (χ2n) is 7.70. The van der Waals surface area contributed by atoms with Gasteiger partial charge in [0.2, 0.25) is 5.91 Å². The van der Waals surface area contributed by atoms with Crippen molar-refractivity contribution in [3.05, 3.63) is 0 Å². The first kappa shape index (κ1) is 17.2. The van der Waals surface area contributed by atoms with Crippen LogP contribution < -0.4 is 0 Å². The zero-order chi connectivity index (χ0) is 17.0. The second kappa shape index (κ2) is 7.53. The predicted octanol–water partition coefficient (Wildman–Crippen LogP) is 2.69. The number of carbonyl (C=O) groups excluding carboxylic acids is 1. The van der Waals surface area contributed by atoms with Crippen molar-refractivity contribution in [1.82, 2.24) is 9.80 Å². The molecule has 1 atom stereocenters. The van der Waals surface area contributed by atoms with Crippen LogP contribution in [0.5, 0.6) is 0 Å². The maximum absolute atomic E-state index is 12.8. The van der Waals surface area contributed by atoms with Gasteiger partial charge in [0.25, 0.3) is 0 Å². The first-order valence-corrected chi connectivity index (χ1v) is 9.54. The summed E-state index contributed by atoms with van der Waals surface area (Å²) in [5.41, 5.74) is -0.764. The van der Waals surface area contributed by atoms with Crippen LogP contribution in [0.4, 0.5) is 0 Å². The van der Waals surface area contributed by atoms with Gasteiger partial charge in [0.05, 0.1) is 12.1 Å². The minimum Gasteiger partial charge on any atom is -0.339 e. The molecule has 5 nitrogen and oxygen atoms in total. The topological polar surface area (TPSA) is 71.1 Å². The smallest absolute Gasteiger partial charge is 0.243 e. The molecule has 0 N–H and O–H groups in total. The van der Waals surface area contributed by atoms with E-state index in [2.05, 4.69) is 17.0 Å². The number of hydrogen-bond donors (Lipinski definition) is 0. The Morgan fingerprint density at radius 2 is 1.58 bits per heavy atom. The van der Waals surface area contributed by atoms with E-state index in [1.165, 1.54) is 19.3 Å². The molecule has 130 valence electrons. The van der Waals surface area contributed by atoms with Gasteiger partial charge in [-0.2, -0.15) is 10.5 Å². The Balaban J connectivity index is 1.58. The molecule has 3 rings (SSSR count). The summed E-state index contributed by atoms with van der Waals surface area (Å²) >= 11 is 0. The van der Waals surface area contributed by atoms with Crippen molar-refractivity contribution < 1.29 is 4.79 Å². The molecule has 0 aromatic heterocycles. The quantitative estimate of drug-likeness (QED) is 0.798. The molecule has 0 unspecified atom stereocenters. The predicted molar refractivity (Wildman–Crippen MR) is 90.6 cm³/mol. The molecular formula is C19H28N4O. The lowest BCUT2D eigenvalue weighted by molar-refractivity contribution is -0.141. The molecule has 1 saturated heterocycles. The van der Waals surface area contributed by atoms with Crippen molar-refractivity contribution in [3.63, 3.8) is 0 Å². The fourth-order valence-electron chi connectivity index (χ4n) is 4.79. The van der Waals surface area contributed by atoms with Gasteiger partial charge in [-0.1, -0.05) is 32.1 Å². The van der Waals surface area contributed by atoms with Crippen LogP contribution in [0.3, 0.4) is 0 Å². The van der Waals surface area contributed by atoms with E-state index < -0.39 is 5.41 Å². The minimum atomic E-state index is -0.764. The summed E-state index contributed by atoms with van der Waals surface area (Å²) in [5.74, 6) is 0.527. The normalized spacial score (nSPS) is 26.5. The van der Waals surface area contributed by atoms with Gasteiger partial charge in [-0.15, -0.1) is 0 Å². The van der Waals surface area contributed by atoms with Gasteiger partial charge >= 0.3 is 0 Å². The lowest BCUT2D eigenvalue weighted by Crippen LogP contribution is -2.55. The average molecular weight is 328 g/mol. The van der Waals surface area contributed by atoms with Gasteiger partial charge in [-0.25, -0.2) is 0 Å². The van der Waals surface area contributed by atoms with Crippen LogP contribution in [0.15, 0.2) is 0 Å². The fraction of sp³-hybridized carbons (Fsp3) is 0.842. The highest BCUT2D eigenvalue weighted by Crippen LogP contribution is 2.39. The molecule has 0 aromatic carbocycles. The first-order chi connectivity index (χ1) is 11.7. The zero-order valence-electron chi connectivity index (χ0n) is 14.5. The van der Waals surface area contributed by atoms with Crippen molar-refractivity contribution in [2.45, 2.75) is 63.8 Å². The number of piperazine rings is 1. The Bertz CT molecular complexity index is 527. The molecule has 2 saturated carbocycles. The summed E-state index contributed by atoms with van der Waals surface area (Å²) in [6, 6.07) is 4.84. The van der Waals surface area contributed by atoms with E-state index in [9.17, 15) is 15.3 Å². The molecule has 3 fully saturated rings. The van der Waals surface area contributed by atoms with Crippen molar-refractivity contribution in [2.75, 3.05) is 26.2 Å². The Morgan fingerprint density at radius 1 is 0.958 bits per heavy atom. The third kappa shape index (κ3) is 3.28. The number of carbonyl (C=O) groups is 1. The van der Waals surface area contributed by atoms with Crippen LogP contribution in [0.2, 0.25) is 0 Å². The molecule has 2 aliphatic carbocycles. The highest BCUT2D eigenvalue weighted by Gasteiger charge is 2.45. The molecule has 1 heterocycles. The standard InChI is InChI=1S/C19H28N4O/c20-14-17(16-6-2-1-3-7-16)22-10-12-23(13-11-22)18(24)19(15-21)8-4-5-9-19/h16-17H,1-13H2/t17-/m0/s1. The van der Waals surface area contributed by atoms with E-state index in [1.54, 1.807) is 0 Å². The van der Waals surface area contributed by atoms with Crippen LogP contribution in [-0.2, 0) is 4.79 Å². The average Bonchev–Trinajstić information content (AvgIpc) is 3.14. The number of amides is 1. The number of nitrogens with zero attached hydrogens (tertiary/aromatic N) is 4. The van der Waals surface area contributed by atoms with E-state index in [4.69, 9.17) is 0 Å². The molecular weight excluding hydrogens is 300 g/mol. The summed E-state index contributed by atoms with van der Waals surface area (Å²) in [5, 5.41) is 19.2. The van der Waals surface area contributed by atoms with Gasteiger partial charge in [-0.3, -0.25) is 9.69 Å². The SMILES string of the molecule is N#C[C@@H](C1CCCCC1)N1CCN(C(=O)C2(C#N)CCCC2)CC1. The Morgan fingerprint density at radius 3 is 2.12 bits per heavy atom. The third-order valence-electron chi connectivity index (χ3n) is 6.30. The highest BCUT2D eigenvalue weighted by molar-refractivity contribution is 5.86. The van der Waals surface area contributed by atoms with Gasteiger partial charge < -0.3 is 4.90 Å². The molecule has 0 aromatic rings. The Labute approximate surface area is 145 Å². The zero-order valence-corrected chi connectivity index (χ0v) is 14.5. The summed E-state index contributed by atoms with van der Waals surface area (Å²) in [6.07, 6.45) is 9.50. The van der Waals surface area contributed by atoms with Crippen molar-refractivity contribution in [3.8, 4) is 12.1 Å². The van der Waals surface area contributed by atoms with E-state index in [0.717, 1.165) is 38.8 Å². The van der Waals surface area contributed by atoms with Crippen LogP contribution in [0.25, 0.3) is 0 Å². The highest BCUT2D eigenvalue weighted by atomic mass is 16.2. The summed E-state index contributed by atoms with van der Waals surface area (Å²) in [6.45, 7) is 2.85. The number of hydrogen-bond acceptors (Lipinski definition) is 4. The summed E-state index contributed by atoms with van der Waals surface area (Å²) < 4.78 is 0. The molecule has 5 heteroatoms. The number of rotatable bonds is 3. The lowest BCUT2D eigenvalue weighted by Gasteiger charge is -2.41. The maximum atomic E-state index is 12.8. The van der Waals surface area contributed by atoms with Gasteiger partial charge in [0.15, 0.2) is 0 Å². The van der Waals surface area contributed by atoms with Crippen LogP contribution in [-0.4, -0.2) is 47.9 Å². The van der Waals surface area contributed by atoms with E-state index in [-0.39, 0.29) is 11.9 Å². The van der Waals surface area contributed by atoms with Gasteiger partial charge in [0.1, 0.15) is 11.5 Å². The van der Waals surface area contributed by atoms with Crippen LogP contribution in [0.1, 0.15) is 57.8 Å². The molecule has 1 aliphatic heterocycles. The molecule has 1 amide bonds. The summed E-state index contributed by atoms with van der Waals surface area (Å²) in [4.78, 5) is 17.0. The Kier molecular flexibility index (Phi) is 5.41. The Hall–Kier alpha value is -1.59. The second-order valence-corrected chi connectivity index (χ2v) is 7.70. The van der Waals surface area contributed by atoms with Crippen molar-refractivity contribution >= 4 is 5.91 Å². The molecule has 0 bridgehead atoms. The lowest BCUT2D eigenvalue weighted by atomic mass is 9.83. The maximum Gasteiger partial charge on any atom is 0.243 e. The van der Waals surface area contributed by atoms with Gasteiger partial charge in [-0.05, 0) is 31.6 Å². The molecule has 0 radical (unpaired) electrons. The molecule has 3 aliphatic rings. The van der Waals surface area contributed by atoms with Gasteiger partial charge in [0, 0.05) is 26.2 Å². The third-order valence-corrected chi connectivity index (χ3v) is 6.30. The largest absolute Gasteiger partial charge is 0.339 e. The molecule has 24 heavy (non-hydrogen) atoms. The van der Waals surface area contributed by atoms with Crippen LogP contribution >= 0.6 is 0 Å².